The average Bonchev–Trinajstić information content (AvgIpc) is 2.17. The summed E-state index contributed by atoms with van der Waals surface area (Å²) >= 11 is 0. The second kappa shape index (κ2) is 5.39. The van der Waals surface area contributed by atoms with E-state index in [9.17, 15) is 0 Å². The molecule has 0 amide bonds. The van der Waals surface area contributed by atoms with Gasteiger partial charge in [0.1, 0.15) is 11.6 Å². The van der Waals surface area contributed by atoms with Crippen LogP contribution in [0.1, 0.15) is 13.8 Å². The van der Waals surface area contributed by atoms with Crippen LogP contribution in [0.5, 0.6) is 0 Å². The Morgan fingerprint density at radius 3 is 2.86 bits per heavy atom. The van der Waals surface area contributed by atoms with Crippen LogP contribution in [0, 0.1) is 0 Å². The van der Waals surface area contributed by atoms with Crippen molar-refractivity contribution in [2.75, 3.05) is 24.2 Å². The third kappa shape index (κ3) is 3.57. The molecule has 3 N–H and O–H groups in total. The van der Waals surface area contributed by atoms with E-state index in [1.807, 2.05) is 13.8 Å². The molecular weight excluding hydrogens is 180 g/mol. The number of hydrogen-bond acceptors (Lipinski definition) is 5. The normalized spacial score (nSPS) is 12.4. The maximum Gasteiger partial charge on any atom is 0.148 e. The number of hydrogen-bond donors (Lipinski definition) is 2. The minimum atomic E-state index is 0.166. The maximum absolute atomic E-state index is 5.40. The smallest absolute Gasteiger partial charge is 0.148 e. The Hall–Kier alpha value is -1.36. The van der Waals surface area contributed by atoms with Gasteiger partial charge >= 0.3 is 0 Å². The molecule has 1 aromatic rings. The topological polar surface area (TPSA) is 73.1 Å². The van der Waals surface area contributed by atoms with Crippen LogP contribution in [-0.2, 0) is 4.74 Å². The lowest BCUT2D eigenvalue weighted by Crippen LogP contribution is -2.20. The lowest BCUT2D eigenvalue weighted by Gasteiger charge is -2.12. The van der Waals surface area contributed by atoms with Crippen molar-refractivity contribution in [1.29, 1.82) is 0 Å². The molecule has 0 aliphatic heterocycles. The number of nitrogens with one attached hydrogen (secondary N) is 1. The maximum atomic E-state index is 5.40. The molecule has 0 bridgehead atoms. The van der Waals surface area contributed by atoms with Crippen LogP contribution in [0.25, 0.3) is 0 Å². The zero-order valence-corrected chi connectivity index (χ0v) is 8.53. The molecule has 0 aliphatic rings. The predicted molar refractivity (Wildman–Crippen MR) is 56.0 cm³/mol. The van der Waals surface area contributed by atoms with Gasteiger partial charge in [0.2, 0.25) is 0 Å². The van der Waals surface area contributed by atoms with Crippen LogP contribution >= 0.6 is 0 Å². The second-order valence-corrected chi connectivity index (χ2v) is 2.99. The molecule has 5 heteroatoms. The highest BCUT2D eigenvalue weighted by Crippen LogP contribution is 2.02. The second-order valence-electron chi connectivity index (χ2n) is 2.99. The monoisotopic (exact) mass is 196 g/mol. The van der Waals surface area contributed by atoms with Crippen molar-refractivity contribution in [3.8, 4) is 0 Å². The molecule has 0 aromatic carbocycles. The summed E-state index contributed by atoms with van der Waals surface area (Å²) in [5, 5.41) is 10.7. The lowest BCUT2D eigenvalue weighted by atomic mass is 10.4. The Morgan fingerprint density at radius 2 is 2.29 bits per heavy atom. The summed E-state index contributed by atoms with van der Waals surface area (Å²) in [6, 6.07) is 3.50. The molecule has 0 radical (unpaired) electrons. The van der Waals surface area contributed by atoms with Gasteiger partial charge in [-0.2, -0.15) is 0 Å². The number of nitrogens with zero attached hydrogens (tertiary/aromatic N) is 2. The van der Waals surface area contributed by atoms with Gasteiger partial charge in [0.25, 0.3) is 0 Å². The molecule has 1 atom stereocenters. The number of rotatable bonds is 5. The van der Waals surface area contributed by atoms with E-state index in [2.05, 4.69) is 15.5 Å². The number of nitrogen functional groups attached to an aromatic ring is 1. The van der Waals surface area contributed by atoms with Crippen molar-refractivity contribution in [1.82, 2.24) is 10.2 Å². The molecule has 1 unspecified atom stereocenters. The van der Waals surface area contributed by atoms with Crippen molar-refractivity contribution in [2.45, 2.75) is 20.0 Å². The van der Waals surface area contributed by atoms with E-state index < -0.39 is 0 Å². The number of aromatic nitrogens is 2. The van der Waals surface area contributed by atoms with Crippen molar-refractivity contribution in [3.05, 3.63) is 12.1 Å². The van der Waals surface area contributed by atoms with Crippen LogP contribution in [0.4, 0.5) is 11.6 Å². The first-order valence-electron chi connectivity index (χ1n) is 4.67. The predicted octanol–water partition coefficient (Wildman–Crippen LogP) is 0.896. The lowest BCUT2D eigenvalue weighted by molar-refractivity contribution is 0.0855. The Morgan fingerprint density at radius 1 is 1.50 bits per heavy atom. The SMILES string of the molecule is CCOC(C)CNc1ccc(N)nn1. The minimum Gasteiger partial charge on any atom is -0.382 e. The quantitative estimate of drug-likeness (QED) is 0.731. The van der Waals surface area contributed by atoms with Crippen LogP contribution in [-0.4, -0.2) is 29.5 Å². The van der Waals surface area contributed by atoms with Gasteiger partial charge in [-0.05, 0) is 26.0 Å². The summed E-state index contributed by atoms with van der Waals surface area (Å²) in [5.41, 5.74) is 5.40. The number of nitrogens with two attached hydrogens (primary N) is 1. The van der Waals surface area contributed by atoms with Crippen molar-refractivity contribution < 1.29 is 4.74 Å². The van der Waals surface area contributed by atoms with Crippen LogP contribution < -0.4 is 11.1 Å². The Balaban J connectivity index is 2.34. The third-order valence-corrected chi connectivity index (χ3v) is 1.71. The van der Waals surface area contributed by atoms with Crippen molar-refractivity contribution >= 4 is 11.6 Å². The van der Waals surface area contributed by atoms with Gasteiger partial charge in [-0.25, -0.2) is 0 Å². The summed E-state index contributed by atoms with van der Waals surface area (Å²) in [6.07, 6.45) is 0.166. The van der Waals surface area contributed by atoms with E-state index >= 15 is 0 Å². The zero-order chi connectivity index (χ0) is 10.4. The Labute approximate surface area is 83.7 Å². The Kier molecular flexibility index (Phi) is 4.12. The highest BCUT2D eigenvalue weighted by molar-refractivity contribution is 5.38. The Bertz CT molecular complexity index is 262. The summed E-state index contributed by atoms with van der Waals surface area (Å²) in [4.78, 5) is 0. The molecular formula is C9H16N4O. The fraction of sp³-hybridized carbons (Fsp3) is 0.556. The molecule has 0 aliphatic carbocycles. The number of anilines is 2. The van der Waals surface area contributed by atoms with Gasteiger partial charge < -0.3 is 15.8 Å². The van der Waals surface area contributed by atoms with Gasteiger partial charge in [0, 0.05) is 13.2 Å². The van der Waals surface area contributed by atoms with E-state index in [4.69, 9.17) is 10.5 Å². The zero-order valence-electron chi connectivity index (χ0n) is 8.53. The van der Waals surface area contributed by atoms with E-state index in [0.29, 0.717) is 18.2 Å². The van der Waals surface area contributed by atoms with Gasteiger partial charge in [-0.15, -0.1) is 10.2 Å². The van der Waals surface area contributed by atoms with Crippen LogP contribution in [0.15, 0.2) is 12.1 Å². The first-order chi connectivity index (χ1) is 6.72. The largest absolute Gasteiger partial charge is 0.382 e. The van der Waals surface area contributed by atoms with E-state index in [0.717, 1.165) is 6.61 Å². The molecule has 1 aromatic heterocycles. The van der Waals surface area contributed by atoms with Gasteiger partial charge in [0.05, 0.1) is 6.10 Å². The molecule has 0 spiro atoms. The fourth-order valence-electron chi connectivity index (χ4n) is 1.03. The molecule has 1 heterocycles. The first kappa shape index (κ1) is 10.7. The van der Waals surface area contributed by atoms with Crippen LogP contribution in [0.2, 0.25) is 0 Å². The molecule has 1 rings (SSSR count). The average molecular weight is 196 g/mol. The summed E-state index contributed by atoms with van der Waals surface area (Å²) < 4.78 is 5.35. The summed E-state index contributed by atoms with van der Waals surface area (Å²) in [5.74, 6) is 1.14. The molecule has 78 valence electrons. The minimum absolute atomic E-state index is 0.166. The highest BCUT2D eigenvalue weighted by atomic mass is 16.5. The van der Waals surface area contributed by atoms with E-state index in [-0.39, 0.29) is 6.10 Å². The molecule has 0 fully saturated rings. The fourth-order valence-corrected chi connectivity index (χ4v) is 1.03. The highest BCUT2D eigenvalue weighted by Gasteiger charge is 2.00. The van der Waals surface area contributed by atoms with Gasteiger partial charge in [0.15, 0.2) is 0 Å². The van der Waals surface area contributed by atoms with E-state index in [1.165, 1.54) is 0 Å². The van der Waals surface area contributed by atoms with E-state index in [1.54, 1.807) is 12.1 Å². The molecule has 5 nitrogen and oxygen atoms in total. The number of ether oxygens (including phenoxy) is 1. The van der Waals surface area contributed by atoms with Crippen molar-refractivity contribution in [2.24, 2.45) is 0 Å². The van der Waals surface area contributed by atoms with Crippen molar-refractivity contribution in [3.63, 3.8) is 0 Å². The molecule has 14 heavy (non-hydrogen) atoms. The standard InChI is InChI=1S/C9H16N4O/c1-3-14-7(2)6-11-9-5-4-8(10)12-13-9/h4-5,7H,3,6H2,1-2H3,(H2,10,12)(H,11,13). The van der Waals surface area contributed by atoms with Gasteiger partial charge in [-0.1, -0.05) is 0 Å². The molecule has 0 saturated carbocycles. The summed E-state index contributed by atoms with van der Waals surface area (Å²) in [7, 11) is 0. The van der Waals surface area contributed by atoms with Gasteiger partial charge in [-0.3, -0.25) is 0 Å². The summed E-state index contributed by atoms with van der Waals surface area (Å²) in [6.45, 7) is 5.41. The third-order valence-electron chi connectivity index (χ3n) is 1.71. The first-order valence-corrected chi connectivity index (χ1v) is 4.67. The van der Waals surface area contributed by atoms with Crippen LogP contribution in [0.3, 0.4) is 0 Å². The molecule has 0 saturated heterocycles.